The molecule has 12 heavy (non-hydrogen) atoms. The van der Waals surface area contributed by atoms with Crippen molar-refractivity contribution in [2.45, 2.75) is 26.2 Å². The Labute approximate surface area is 79.7 Å². The van der Waals surface area contributed by atoms with E-state index in [4.69, 9.17) is 0 Å². The highest BCUT2D eigenvalue weighted by Crippen LogP contribution is 2.28. The molecule has 66 valence electrons. The Morgan fingerprint density at radius 1 is 1.50 bits per heavy atom. The first kappa shape index (κ1) is 9.45. The molecule has 1 aromatic heterocycles. The predicted octanol–water partition coefficient (Wildman–Crippen LogP) is 2.28. The molecule has 1 aromatic rings. The third kappa shape index (κ3) is 1.58. The van der Waals surface area contributed by atoms with Gasteiger partial charge >= 0.3 is 0 Å². The van der Waals surface area contributed by atoms with E-state index in [1.54, 1.807) is 0 Å². The Kier molecular flexibility index (Phi) is 2.37. The van der Waals surface area contributed by atoms with Gasteiger partial charge in [-0.15, -0.1) is 0 Å². The first-order chi connectivity index (χ1) is 5.46. The number of carbonyl (C=O) groups excluding carboxylic acids is 1. The Morgan fingerprint density at radius 3 is 2.33 bits per heavy atom. The van der Waals surface area contributed by atoms with Gasteiger partial charge in [0.1, 0.15) is 5.69 Å². The van der Waals surface area contributed by atoms with Crippen LogP contribution in [0.15, 0.2) is 4.47 Å². The quantitative estimate of drug-likeness (QED) is 0.753. The lowest BCUT2D eigenvalue weighted by atomic mass is 9.92. The number of halogens is 1. The van der Waals surface area contributed by atoms with Crippen LogP contribution in [-0.2, 0) is 5.41 Å². The zero-order valence-corrected chi connectivity index (χ0v) is 8.90. The highest BCUT2D eigenvalue weighted by molar-refractivity contribution is 9.10. The molecule has 0 unspecified atom stereocenters. The second-order valence-corrected chi connectivity index (χ2v) is 4.46. The monoisotopic (exact) mass is 230 g/mol. The molecule has 0 aromatic carbocycles. The van der Waals surface area contributed by atoms with Crippen LogP contribution in [0.5, 0.6) is 0 Å². The number of H-pyrrole nitrogens is 1. The average Bonchev–Trinajstić information content (AvgIpc) is 2.29. The third-order valence-corrected chi connectivity index (χ3v) is 2.40. The molecule has 0 atom stereocenters. The lowest BCUT2D eigenvalue weighted by molar-refractivity contribution is 0.111. The van der Waals surface area contributed by atoms with E-state index in [0.717, 1.165) is 16.5 Å². The molecule has 0 fully saturated rings. The molecule has 0 aliphatic carbocycles. The van der Waals surface area contributed by atoms with Crippen LogP contribution in [0.3, 0.4) is 0 Å². The summed E-state index contributed by atoms with van der Waals surface area (Å²) in [6.45, 7) is 6.17. The van der Waals surface area contributed by atoms with E-state index < -0.39 is 0 Å². The van der Waals surface area contributed by atoms with Crippen LogP contribution < -0.4 is 0 Å². The number of carbonyl (C=O) groups is 1. The van der Waals surface area contributed by atoms with E-state index in [9.17, 15) is 4.79 Å². The number of nitrogens with one attached hydrogen (secondary N) is 1. The van der Waals surface area contributed by atoms with Gasteiger partial charge in [0.05, 0.1) is 10.2 Å². The second-order valence-electron chi connectivity index (χ2n) is 3.67. The maximum Gasteiger partial charge on any atom is 0.171 e. The van der Waals surface area contributed by atoms with Crippen molar-refractivity contribution < 1.29 is 4.79 Å². The topological polar surface area (TPSA) is 45.8 Å². The molecule has 0 spiro atoms. The molecule has 0 saturated carbocycles. The van der Waals surface area contributed by atoms with Gasteiger partial charge in [0.2, 0.25) is 0 Å². The van der Waals surface area contributed by atoms with Gasteiger partial charge in [0.25, 0.3) is 0 Å². The number of hydrogen-bond donors (Lipinski definition) is 1. The molecule has 0 bridgehead atoms. The summed E-state index contributed by atoms with van der Waals surface area (Å²) in [4.78, 5) is 10.5. The molecule has 0 amide bonds. The van der Waals surface area contributed by atoms with Crippen LogP contribution in [0.4, 0.5) is 0 Å². The van der Waals surface area contributed by atoms with Crippen LogP contribution in [0.2, 0.25) is 0 Å². The maximum atomic E-state index is 10.5. The van der Waals surface area contributed by atoms with Crippen molar-refractivity contribution >= 4 is 22.2 Å². The van der Waals surface area contributed by atoms with Gasteiger partial charge in [-0.3, -0.25) is 9.89 Å². The van der Waals surface area contributed by atoms with Gasteiger partial charge in [-0.2, -0.15) is 5.10 Å². The minimum atomic E-state index is -0.0207. The number of hydrogen-bond acceptors (Lipinski definition) is 2. The third-order valence-electron chi connectivity index (χ3n) is 1.59. The van der Waals surface area contributed by atoms with Crippen molar-refractivity contribution in [3.8, 4) is 0 Å². The first-order valence-corrected chi connectivity index (χ1v) is 4.45. The fourth-order valence-electron chi connectivity index (χ4n) is 0.917. The van der Waals surface area contributed by atoms with E-state index in [0.29, 0.717) is 5.69 Å². The van der Waals surface area contributed by atoms with E-state index in [1.165, 1.54) is 0 Å². The molecule has 3 nitrogen and oxygen atoms in total. The lowest BCUT2D eigenvalue weighted by Crippen LogP contribution is -2.12. The fraction of sp³-hybridized carbons (Fsp3) is 0.500. The predicted molar refractivity (Wildman–Crippen MR) is 50.4 cm³/mol. The number of aldehydes is 1. The van der Waals surface area contributed by atoms with Crippen molar-refractivity contribution in [2.24, 2.45) is 0 Å². The standard InChI is InChI=1S/C8H11BrN2O/c1-8(2,3)7-6(9)5(4-12)10-11-7/h4H,1-3H3,(H,10,11). The molecular formula is C8H11BrN2O. The van der Waals surface area contributed by atoms with Gasteiger partial charge in [-0.1, -0.05) is 20.8 Å². The normalized spacial score (nSPS) is 11.7. The molecule has 1 heterocycles. The summed E-state index contributed by atoms with van der Waals surface area (Å²) >= 11 is 3.32. The zero-order valence-electron chi connectivity index (χ0n) is 7.31. The molecule has 4 heteroatoms. The van der Waals surface area contributed by atoms with Crippen molar-refractivity contribution in [3.63, 3.8) is 0 Å². The number of nitrogens with zero attached hydrogens (tertiary/aromatic N) is 1. The summed E-state index contributed by atoms with van der Waals surface area (Å²) in [5.74, 6) is 0. The first-order valence-electron chi connectivity index (χ1n) is 3.66. The van der Waals surface area contributed by atoms with Gasteiger partial charge in [-0.25, -0.2) is 0 Å². The molecule has 0 saturated heterocycles. The molecule has 0 aliphatic rings. The number of rotatable bonds is 1. The van der Waals surface area contributed by atoms with E-state index in [1.807, 2.05) is 0 Å². The van der Waals surface area contributed by atoms with E-state index in [-0.39, 0.29) is 5.41 Å². The smallest absolute Gasteiger partial charge is 0.171 e. The summed E-state index contributed by atoms with van der Waals surface area (Å²) < 4.78 is 0.769. The summed E-state index contributed by atoms with van der Waals surface area (Å²) in [7, 11) is 0. The van der Waals surface area contributed by atoms with Gasteiger partial charge < -0.3 is 0 Å². The Bertz CT molecular complexity index is 298. The van der Waals surface area contributed by atoms with Crippen molar-refractivity contribution in [3.05, 3.63) is 15.9 Å². The van der Waals surface area contributed by atoms with Gasteiger partial charge in [0.15, 0.2) is 6.29 Å². The summed E-state index contributed by atoms with van der Waals surface area (Å²) in [6, 6.07) is 0. The Morgan fingerprint density at radius 2 is 2.08 bits per heavy atom. The lowest BCUT2D eigenvalue weighted by Gasteiger charge is -2.16. The zero-order chi connectivity index (χ0) is 9.35. The SMILES string of the molecule is CC(C)(C)c1[nH]nc(C=O)c1Br. The van der Waals surface area contributed by atoms with Crippen molar-refractivity contribution in [1.82, 2.24) is 10.2 Å². The highest BCUT2D eigenvalue weighted by Gasteiger charge is 2.21. The van der Waals surface area contributed by atoms with Crippen LogP contribution in [0.25, 0.3) is 0 Å². The van der Waals surface area contributed by atoms with Crippen molar-refractivity contribution in [2.75, 3.05) is 0 Å². The van der Waals surface area contributed by atoms with E-state index in [2.05, 4.69) is 46.9 Å². The van der Waals surface area contributed by atoms with Crippen molar-refractivity contribution in [1.29, 1.82) is 0 Å². The average molecular weight is 231 g/mol. The molecule has 0 aliphatic heterocycles. The molecule has 1 rings (SSSR count). The minimum Gasteiger partial charge on any atom is -0.296 e. The van der Waals surface area contributed by atoms with E-state index >= 15 is 0 Å². The highest BCUT2D eigenvalue weighted by atomic mass is 79.9. The largest absolute Gasteiger partial charge is 0.296 e. The van der Waals surface area contributed by atoms with Gasteiger partial charge in [-0.05, 0) is 15.9 Å². The summed E-state index contributed by atoms with van der Waals surface area (Å²) in [6.07, 6.45) is 0.732. The Balaban J connectivity index is 3.19. The van der Waals surface area contributed by atoms with Gasteiger partial charge in [0, 0.05) is 5.41 Å². The molecule has 0 radical (unpaired) electrons. The van der Waals surface area contributed by atoms with Crippen LogP contribution in [-0.4, -0.2) is 16.5 Å². The van der Waals surface area contributed by atoms with Crippen LogP contribution in [0, 0.1) is 0 Å². The number of aromatic nitrogens is 2. The van der Waals surface area contributed by atoms with Crippen LogP contribution >= 0.6 is 15.9 Å². The summed E-state index contributed by atoms with van der Waals surface area (Å²) in [5.41, 5.74) is 1.36. The molecule has 1 N–H and O–H groups in total. The number of aromatic amines is 1. The summed E-state index contributed by atoms with van der Waals surface area (Å²) in [5, 5.41) is 6.70. The maximum absolute atomic E-state index is 10.5. The van der Waals surface area contributed by atoms with Crippen LogP contribution in [0.1, 0.15) is 37.0 Å². The molecular weight excluding hydrogens is 220 g/mol. The fourth-order valence-corrected chi connectivity index (χ4v) is 1.78. The minimum absolute atomic E-state index is 0.0207. The second kappa shape index (κ2) is 3.01. The Hall–Kier alpha value is -0.640.